The molecule has 0 radical (unpaired) electrons. The first-order valence-electron chi connectivity index (χ1n) is 6.40. The molecule has 16 heavy (non-hydrogen) atoms. The van der Waals surface area contributed by atoms with E-state index in [4.69, 9.17) is 4.74 Å². The van der Waals surface area contributed by atoms with Crippen LogP contribution in [-0.4, -0.2) is 43.3 Å². The average Bonchev–Trinajstić information content (AvgIpc) is 2.83. The average molecular weight is 226 g/mol. The van der Waals surface area contributed by atoms with Crippen LogP contribution in [0, 0.1) is 5.92 Å². The van der Waals surface area contributed by atoms with Crippen molar-refractivity contribution in [3.63, 3.8) is 0 Å². The highest BCUT2D eigenvalue weighted by molar-refractivity contribution is 5.74. The van der Waals surface area contributed by atoms with E-state index in [1.807, 2.05) is 4.90 Å². The quantitative estimate of drug-likeness (QED) is 0.777. The van der Waals surface area contributed by atoms with Gasteiger partial charge in [-0.2, -0.15) is 0 Å². The molecule has 2 rings (SSSR count). The van der Waals surface area contributed by atoms with Crippen LogP contribution in [0.3, 0.4) is 0 Å². The molecule has 2 amide bonds. The van der Waals surface area contributed by atoms with Crippen molar-refractivity contribution < 1.29 is 9.53 Å². The zero-order valence-corrected chi connectivity index (χ0v) is 10.1. The fourth-order valence-corrected chi connectivity index (χ4v) is 2.63. The summed E-state index contributed by atoms with van der Waals surface area (Å²) < 4.78 is 5.23. The van der Waals surface area contributed by atoms with E-state index in [2.05, 4.69) is 12.2 Å². The molecule has 1 N–H and O–H groups in total. The van der Waals surface area contributed by atoms with Crippen LogP contribution in [0.15, 0.2) is 0 Å². The summed E-state index contributed by atoms with van der Waals surface area (Å²) in [5.74, 6) is 0.685. The number of nitrogens with one attached hydrogen (secondary N) is 1. The highest BCUT2D eigenvalue weighted by Gasteiger charge is 2.25. The van der Waals surface area contributed by atoms with Crippen LogP contribution in [0.1, 0.15) is 32.6 Å². The molecular weight excluding hydrogens is 204 g/mol. The van der Waals surface area contributed by atoms with E-state index < -0.39 is 0 Å². The van der Waals surface area contributed by atoms with Crippen molar-refractivity contribution in [2.75, 3.05) is 26.3 Å². The first kappa shape index (κ1) is 11.7. The van der Waals surface area contributed by atoms with Gasteiger partial charge in [0.25, 0.3) is 0 Å². The van der Waals surface area contributed by atoms with Crippen LogP contribution in [0.5, 0.6) is 0 Å². The molecule has 1 atom stereocenters. The lowest BCUT2D eigenvalue weighted by atomic mass is 10.0. The molecular formula is C12H22N2O2. The number of carbonyl (C=O) groups is 1. The molecule has 0 spiro atoms. The standard InChI is InChI=1S/C12H22N2O2/c1-10(11-4-2-3-5-11)13-12(15)14-6-8-16-9-7-14/h10-11H,2-9H2,1H3,(H,13,15). The molecule has 1 heterocycles. The highest BCUT2D eigenvalue weighted by Crippen LogP contribution is 2.27. The molecule has 1 saturated heterocycles. The second-order valence-electron chi connectivity index (χ2n) is 4.88. The molecule has 0 bridgehead atoms. The predicted octanol–water partition coefficient (Wildman–Crippen LogP) is 1.61. The minimum atomic E-state index is 0.0858. The lowest BCUT2D eigenvalue weighted by molar-refractivity contribution is 0.0521. The third-order valence-corrected chi connectivity index (χ3v) is 3.76. The van der Waals surface area contributed by atoms with E-state index in [1.165, 1.54) is 25.7 Å². The van der Waals surface area contributed by atoms with Crippen molar-refractivity contribution in [1.82, 2.24) is 10.2 Å². The van der Waals surface area contributed by atoms with Crippen LogP contribution < -0.4 is 5.32 Å². The summed E-state index contributed by atoms with van der Waals surface area (Å²) in [6, 6.07) is 0.403. The number of urea groups is 1. The smallest absolute Gasteiger partial charge is 0.317 e. The van der Waals surface area contributed by atoms with Gasteiger partial charge in [-0.3, -0.25) is 0 Å². The number of hydrogen-bond acceptors (Lipinski definition) is 2. The van der Waals surface area contributed by atoms with Gasteiger partial charge in [0.05, 0.1) is 13.2 Å². The zero-order valence-electron chi connectivity index (χ0n) is 10.1. The van der Waals surface area contributed by atoms with E-state index in [-0.39, 0.29) is 6.03 Å². The second kappa shape index (κ2) is 5.53. The van der Waals surface area contributed by atoms with E-state index in [9.17, 15) is 4.79 Å². The molecule has 1 aliphatic heterocycles. The minimum Gasteiger partial charge on any atom is -0.378 e. The van der Waals surface area contributed by atoms with Gasteiger partial charge in [0.2, 0.25) is 0 Å². The summed E-state index contributed by atoms with van der Waals surface area (Å²) in [6.07, 6.45) is 5.18. The third-order valence-electron chi connectivity index (χ3n) is 3.76. The van der Waals surface area contributed by atoms with Gasteiger partial charge < -0.3 is 15.0 Å². The molecule has 1 saturated carbocycles. The maximum atomic E-state index is 11.9. The Kier molecular flexibility index (Phi) is 4.04. The van der Waals surface area contributed by atoms with Gasteiger partial charge >= 0.3 is 6.03 Å². The molecule has 2 fully saturated rings. The summed E-state index contributed by atoms with van der Waals surface area (Å²) in [5.41, 5.74) is 0. The molecule has 4 nitrogen and oxygen atoms in total. The van der Waals surface area contributed by atoms with Gasteiger partial charge in [0, 0.05) is 19.1 Å². The SMILES string of the molecule is CC(NC(=O)N1CCOCC1)C1CCCC1. The Hall–Kier alpha value is -0.770. The van der Waals surface area contributed by atoms with Crippen LogP contribution in [0.25, 0.3) is 0 Å². The van der Waals surface area contributed by atoms with Gasteiger partial charge in [0.1, 0.15) is 0 Å². The van der Waals surface area contributed by atoms with E-state index in [1.54, 1.807) is 0 Å². The Balaban J connectivity index is 1.76. The Morgan fingerprint density at radius 3 is 2.56 bits per heavy atom. The Bertz CT molecular complexity index is 233. The predicted molar refractivity (Wildman–Crippen MR) is 62.3 cm³/mol. The molecule has 0 aromatic carbocycles. The molecule has 92 valence electrons. The van der Waals surface area contributed by atoms with Crippen molar-refractivity contribution in [2.45, 2.75) is 38.6 Å². The van der Waals surface area contributed by atoms with Gasteiger partial charge in [-0.25, -0.2) is 4.79 Å². The molecule has 1 aliphatic carbocycles. The van der Waals surface area contributed by atoms with Crippen LogP contribution in [-0.2, 0) is 4.74 Å². The van der Waals surface area contributed by atoms with Gasteiger partial charge in [-0.05, 0) is 25.7 Å². The number of morpholine rings is 1. The number of ether oxygens (including phenoxy) is 1. The first-order chi connectivity index (χ1) is 7.77. The summed E-state index contributed by atoms with van der Waals surface area (Å²) >= 11 is 0. The van der Waals surface area contributed by atoms with Crippen molar-refractivity contribution in [2.24, 2.45) is 5.92 Å². The van der Waals surface area contributed by atoms with Crippen molar-refractivity contribution >= 4 is 6.03 Å². The lowest BCUT2D eigenvalue weighted by Gasteiger charge is -2.30. The van der Waals surface area contributed by atoms with Gasteiger partial charge in [-0.15, -0.1) is 0 Å². The Morgan fingerprint density at radius 1 is 1.31 bits per heavy atom. The van der Waals surface area contributed by atoms with E-state index in [0.717, 1.165) is 13.1 Å². The van der Waals surface area contributed by atoms with Crippen molar-refractivity contribution in [1.29, 1.82) is 0 Å². The fraction of sp³-hybridized carbons (Fsp3) is 0.917. The highest BCUT2D eigenvalue weighted by atomic mass is 16.5. The zero-order chi connectivity index (χ0) is 11.4. The summed E-state index contributed by atoms with van der Waals surface area (Å²) in [4.78, 5) is 13.8. The lowest BCUT2D eigenvalue weighted by Crippen LogP contribution is -2.49. The largest absolute Gasteiger partial charge is 0.378 e. The minimum absolute atomic E-state index is 0.0858. The van der Waals surface area contributed by atoms with Crippen LogP contribution in [0.2, 0.25) is 0 Å². The summed E-state index contributed by atoms with van der Waals surface area (Å²) in [7, 11) is 0. The first-order valence-corrected chi connectivity index (χ1v) is 6.40. The number of rotatable bonds is 2. The molecule has 4 heteroatoms. The normalized spacial score (nSPS) is 24.4. The maximum Gasteiger partial charge on any atom is 0.317 e. The second-order valence-corrected chi connectivity index (χ2v) is 4.88. The Labute approximate surface area is 97.3 Å². The topological polar surface area (TPSA) is 41.6 Å². The Morgan fingerprint density at radius 2 is 1.94 bits per heavy atom. The van der Waals surface area contributed by atoms with E-state index >= 15 is 0 Å². The molecule has 1 unspecified atom stereocenters. The number of amides is 2. The van der Waals surface area contributed by atoms with Crippen LogP contribution >= 0.6 is 0 Å². The summed E-state index contributed by atoms with van der Waals surface area (Å²) in [6.45, 7) is 4.93. The van der Waals surface area contributed by atoms with Crippen molar-refractivity contribution in [3.8, 4) is 0 Å². The monoisotopic (exact) mass is 226 g/mol. The fourth-order valence-electron chi connectivity index (χ4n) is 2.63. The van der Waals surface area contributed by atoms with Crippen LogP contribution in [0.4, 0.5) is 4.79 Å². The third kappa shape index (κ3) is 2.88. The number of nitrogens with zero attached hydrogens (tertiary/aromatic N) is 1. The molecule has 0 aromatic heterocycles. The van der Waals surface area contributed by atoms with Crippen molar-refractivity contribution in [3.05, 3.63) is 0 Å². The van der Waals surface area contributed by atoms with Gasteiger partial charge in [-0.1, -0.05) is 12.8 Å². The molecule has 0 aromatic rings. The maximum absolute atomic E-state index is 11.9. The molecule has 2 aliphatic rings. The van der Waals surface area contributed by atoms with E-state index in [0.29, 0.717) is 25.2 Å². The number of carbonyl (C=O) groups excluding carboxylic acids is 1. The number of hydrogen-bond donors (Lipinski definition) is 1. The summed E-state index contributed by atoms with van der Waals surface area (Å²) in [5, 5.41) is 3.12. The van der Waals surface area contributed by atoms with Gasteiger partial charge in [0.15, 0.2) is 0 Å².